The van der Waals surface area contributed by atoms with E-state index in [-0.39, 0.29) is 51.5 Å². The molecule has 0 aliphatic heterocycles. The average molecular weight is 764 g/mol. The zero-order chi connectivity index (χ0) is 39.7. The Balaban J connectivity index is 1.64. The second-order valence-electron chi connectivity index (χ2n) is 15.9. The largest absolute Gasteiger partial charge is 0.507 e. The molecule has 5 atom stereocenters. The van der Waals surface area contributed by atoms with Crippen molar-refractivity contribution in [1.29, 1.82) is 0 Å². The number of phenols is 1. The third kappa shape index (κ3) is 5.51. The SMILES string of the molecule is COc1c(NC2CCCCC2OC=O)c2c(=O)cc(CO)c3c4c(CO)cc(=O)c5c(O)c(CC6CCCCC6C(=O)O)c6c(c(c1C(C(C)=O)C(C)=C6)c23)c54. The first-order chi connectivity index (χ1) is 27.0. The quantitative estimate of drug-likeness (QED) is 0.0598. The number of allylic oxidation sites excluding steroid dienone is 1. The second kappa shape index (κ2) is 14.3. The lowest BCUT2D eigenvalue weighted by Crippen LogP contribution is -2.38. The second-order valence-corrected chi connectivity index (χ2v) is 15.9. The molecule has 0 amide bonds. The first-order valence-electron chi connectivity index (χ1n) is 19.4. The number of fused-ring (bicyclic) bond motifs is 1. The molecule has 0 radical (unpaired) electrons. The molecule has 3 aliphatic rings. The van der Waals surface area contributed by atoms with Crippen molar-refractivity contribution in [1.82, 2.24) is 0 Å². The number of aliphatic hydroxyl groups excluding tert-OH is 2. The smallest absolute Gasteiger partial charge is 0.306 e. The van der Waals surface area contributed by atoms with E-state index >= 15 is 0 Å². The number of aliphatic carboxylic acids is 1. The third-order valence-corrected chi connectivity index (χ3v) is 12.9. The van der Waals surface area contributed by atoms with Gasteiger partial charge in [-0.1, -0.05) is 30.9 Å². The van der Waals surface area contributed by atoms with Crippen molar-refractivity contribution in [3.8, 4) is 11.5 Å². The van der Waals surface area contributed by atoms with E-state index in [1.165, 1.54) is 26.2 Å². The van der Waals surface area contributed by atoms with Crippen LogP contribution in [0.3, 0.4) is 0 Å². The minimum absolute atomic E-state index is 0.0296. The molecule has 5 aromatic carbocycles. The molecule has 0 saturated heterocycles. The number of aromatic hydroxyl groups is 1. The Labute approximate surface area is 321 Å². The average Bonchev–Trinajstić information content (AvgIpc) is 3.31. The number of carbonyl (C=O) groups is 3. The van der Waals surface area contributed by atoms with Gasteiger partial charge >= 0.3 is 5.97 Å². The molecule has 0 aromatic heterocycles. The fourth-order valence-electron chi connectivity index (χ4n) is 10.6. The molecule has 2 fully saturated rings. The number of aliphatic hydroxyl groups is 2. The number of hydrogen-bond acceptors (Lipinski definition) is 11. The van der Waals surface area contributed by atoms with E-state index in [1.807, 2.05) is 6.08 Å². The maximum Gasteiger partial charge on any atom is 0.306 e. The highest BCUT2D eigenvalue weighted by Gasteiger charge is 2.39. The molecule has 8 rings (SSSR count). The summed E-state index contributed by atoms with van der Waals surface area (Å²) in [5.41, 5.74) is 1.61. The number of carboxylic acid groups (broad SMARTS) is 1. The molecular weight excluding hydrogens is 718 g/mol. The van der Waals surface area contributed by atoms with Crippen molar-refractivity contribution < 1.29 is 44.3 Å². The lowest BCUT2D eigenvalue weighted by molar-refractivity contribution is -0.145. The standard InChI is InChI=1S/C44H45NO11/c1-19-12-25-26(13-21-8-4-5-9-24(21)44(53)54)42(52)36-29(51)15-23(17-47)32-33-22(16-46)14-28(50)35-38(33)39(34(25)37(32)36)40(31(19)20(2)49)43(55-3)41(35)45-27-10-6-7-11-30(27)56-18-48/h12,14-15,18,21,24,27,30-31,45-47,52H,4-11,13,16-17H2,1-3H3,(H,53,54). The van der Waals surface area contributed by atoms with Gasteiger partial charge in [0.15, 0.2) is 10.9 Å². The van der Waals surface area contributed by atoms with E-state index in [9.17, 15) is 44.4 Å². The highest BCUT2D eigenvalue weighted by atomic mass is 16.5. The molecule has 5 N–H and O–H groups in total. The van der Waals surface area contributed by atoms with Crippen LogP contribution in [-0.4, -0.2) is 57.9 Å². The van der Waals surface area contributed by atoms with Crippen molar-refractivity contribution in [3.63, 3.8) is 0 Å². The number of ether oxygens (including phenoxy) is 2. The number of carboxylic acids is 1. The summed E-state index contributed by atoms with van der Waals surface area (Å²) >= 11 is 0. The first-order valence-corrected chi connectivity index (χ1v) is 19.4. The lowest BCUT2D eigenvalue weighted by Gasteiger charge is -2.33. The van der Waals surface area contributed by atoms with Crippen LogP contribution in [0.5, 0.6) is 11.5 Å². The molecule has 0 heterocycles. The molecule has 5 aromatic rings. The van der Waals surface area contributed by atoms with Gasteiger partial charge in [-0.15, -0.1) is 0 Å². The topological polar surface area (TPSA) is 197 Å². The fraction of sp³-hybridized carbons (Fsp3) is 0.432. The maximum absolute atomic E-state index is 14.6. The predicted molar refractivity (Wildman–Crippen MR) is 212 cm³/mol. The van der Waals surface area contributed by atoms with Crippen LogP contribution in [0.4, 0.5) is 5.69 Å². The summed E-state index contributed by atoms with van der Waals surface area (Å²) in [7, 11) is 1.45. The molecule has 3 aliphatic carbocycles. The van der Waals surface area contributed by atoms with Crippen molar-refractivity contribution in [3.05, 3.63) is 66.0 Å². The van der Waals surface area contributed by atoms with Gasteiger partial charge in [-0.25, -0.2) is 0 Å². The lowest BCUT2D eigenvalue weighted by atomic mass is 9.74. The molecule has 5 unspecified atom stereocenters. The van der Waals surface area contributed by atoms with Crippen molar-refractivity contribution in [2.45, 2.75) is 103 Å². The summed E-state index contributed by atoms with van der Waals surface area (Å²) in [6.07, 6.45) is 6.97. The van der Waals surface area contributed by atoms with Gasteiger partial charge in [0.05, 0.1) is 54.7 Å². The van der Waals surface area contributed by atoms with Gasteiger partial charge in [0.2, 0.25) is 0 Å². The first kappa shape index (κ1) is 37.6. The summed E-state index contributed by atoms with van der Waals surface area (Å²) in [5, 5.41) is 50.4. The van der Waals surface area contributed by atoms with E-state index in [0.29, 0.717) is 92.4 Å². The Kier molecular flexibility index (Phi) is 9.61. The van der Waals surface area contributed by atoms with Crippen LogP contribution in [0.25, 0.3) is 49.2 Å². The fourth-order valence-corrected chi connectivity index (χ4v) is 10.6. The Morgan fingerprint density at radius 3 is 2.11 bits per heavy atom. The molecule has 56 heavy (non-hydrogen) atoms. The van der Waals surface area contributed by atoms with Crippen LogP contribution < -0.4 is 20.9 Å². The number of methoxy groups -OCH3 is 1. The van der Waals surface area contributed by atoms with Crippen molar-refractivity contribution in [2.24, 2.45) is 11.8 Å². The highest BCUT2D eigenvalue weighted by molar-refractivity contribution is 6.39. The molecule has 2 saturated carbocycles. The van der Waals surface area contributed by atoms with Gasteiger partial charge in [0.1, 0.15) is 23.4 Å². The number of Topliss-reactive ketones (excluding diaryl/α,β-unsaturated/α-hetero) is 1. The van der Waals surface area contributed by atoms with Crippen LogP contribution in [0, 0.1) is 11.8 Å². The maximum atomic E-state index is 14.6. The van der Waals surface area contributed by atoms with E-state index in [1.54, 1.807) is 6.92 Å². The third-order valence-electron chi connectivity index (χ3n) is 12.9. The Morgan fingerprint density at radius 1 is 0.857 bits per heavy atom. The van der Waals surface area contributed by atoms with Crippen molar-refractivity contribution in [2.75, 3.05) is 12.4 Å². The Hall–Kier alpha value is -5.33. The predicted octanol–water partition coefficient (Wildman–Crippen LogP) is 6.01. The summed E-state index contributed by atoms with van der Waals surface area (Å²) < 4.78 is 11.8. The van der Waals surface area contributed by atoms with Gasteiger partial charge in [-0.05, 0) is 109 Å². The number of ketones is 1. The molecule has 292 valence electrons. The summed E-state index contributed by atoms with van der Waals surface area (Å²) in [5.74, 6) is -3.21. The molecule has 0 bridgehead atoms. The van der Waals surface area contributed by atoms with Crippen molar-refractivity contribution >= 4 is 73.1 Å². The number of rotatable bonds is 11. The van der Waals surface area contributed by atoms with Crippen LogP contribution in [-0.2, 0) is 38.8 Å². The Morgan fingerprint density at radius 2 is 1.48 bits per heavy atom. The van der Waals surface area contributed by atoms with Gasteiger partial charge in [0.25, 0.3) is 6.47 Å². The highest BCUT2D eigenvalue weighted by Crippen LogP contribution is 2.56. The summed E-state index contributed by atoms with van der Waals surface area (Å²) in [6.45, 7) is 2.52. The number of nitrogens with one attached hydrogen (secondary N) is 1. The van der Waals surface area contributed by atoms with Crippen LogP contribution in [0.2, 0.25) is 0 Å². The number of hydrogen-bond donors (Lipinski definition) is 5. The zero-order valence-corrected chi connectivity index (χ0v) is 31.6. The number of carbonyl (C=O) groups excluding carboxylic acids is 2. The number of benzene rings is 5. The van der Waals surface area contributed by atoms with E-state index in [4.69, 9.17) is 9.47 Å². The number of anilines is 1. The Bertz CT molecular complexity index is 2610. The van der Waals surface area contributed by atoms with Crippen LogP contribution >= 0.6 is 0 Å². The van der Waals surface area contributed by atoms with E-state index in [0.717, 1.165) is 25.7 Å². The summed E-state index contributed by atoms with van der Waals surface area (Å²) in [6, 6.07) is 2.17. The van der Waals surface area contributed by atoms with E-state index < -0.39 is 54.0 Å². The van der Waals surface area contributed by atoms with Gasteiger partial charge in [-0.3, -0.25) is 24.0 Å². The van der Waals surface area contributed by atoms with Gasteiger partial charge in [0, 0.05) is 21.9 Å². The van der Waals surface area contributed by atoms with Gasteiger partial charge < -0.3 is 35.2 Å². The minimum atomic E-state index is -0.938. The minimum Gasteiger partial charge on any atom is -0.507 e. The summed E-state index contributed by atoms with van der Waals surface area (Å²) in [4.78, 5) is 67.0. The number of phenolic OH excluding ortho intramolecular Hbond substituents is 1. The zero-order valence-electron chi connectivity index (χ0n) is 31.6. The molecule has 12 heteroatoms. The van der Waals surface area contributed by atoms with Gasteiger partial charge in [-0.2, -0.15) is 0 Å². The van der Waals surface area contributed by atoms with Crippen LogP contribution in [0.1, 0.15) is 98.9 Å². The normalized spacial score (nSPS) is 22.4. The van der Waals surface area contributed by atoms with E-state index in [2.05, 4.69) is 5.32 Å². The monoisotopic (exact) mass is 763 g/mol. The van der Waals surface area contributed by atoms with Crippen LogP contribution in [0.15, 0.2) is 27.3 Å². The molecule has 12 nitrogen and oxygen atoms in total. The molecule has 0 spiro atoms. The molecular formula is C44H45NO11.